The molecule has 2 rings (SSSR count). The zero-order chi connectivity index (χ0) is 13.7. The second kappa shape index (κ2) is 7.09. The second-order valence-corrected chi connectivity index (χ2v) is 5.90. The van der Waals surface area contributed by atoms with Gasteiger partial charge in [0.05, 0.1) is 5.69 Å². The van der Waals surface area contributed by atoms with E-state index in [1.54, 1.807) is 0 Å². The summed E-state index contributed by atoms with van der Waals surface area (Å²) in [5.74, 6) is 0.793. The van der Waals surface area contributed by atoms with Crippen LogP contribution < -0.4 is 5.32 Å². The summed E-state index contributed by atoms with van der Waals surface area (Å²) < 4.78 is 2.18. The summed E-state index contributed by atoms with van der Waals surface area (Å²) in [6, 6.07) is 2.99. The normalized spacial score (nSPS) is 23.7. The van der Waals surface area contributed by atoms with Crippen molar-refractivity contribution < 1.29 is 0 Å². The number of rotatable bonds is 6. The number of hydrogen-bond acceptors (Lipinski definition) is 2. The van der Waals surface area contributed by atoms with Gasteiger partial charge in [0.2, 0.25) is 0 Å². The predicted octanol–water partition coefficient (Wildman–Crippen LogP) is 3.31. The maximum absolute atomic E-state index is 4.58. The van der Waals surface area contributed by atoms with Crippen molar-refractivity contribution in [1.82, 2.24) is 15.1 Å². The Kier molecular flexibility index (Phi) is 5.44. The van der Waals surface area contributed by atoms with Crippen molar-refractivity contribution in [3.05, 3.63) is 17.5 Å². The Labute approximate surface area is 117 Å². The van der Waals surface area contributed by atoms with E-state index in [4.69, 9.17) is 0 Å². The molecule has 108 valence electrons. The minimum atomic E-state index is 0.717. The van der Waals surface area contributed by atoms with Crippen LogP contribution in [0.3, 0.4) is 0 Å². The molecule has 1 fully saturated rings. The minimum Gasteiger partial charge on any atom is -0.314 e. The lowest BCUT2D eigenvalue weighted by Crippen LogP contribution is -2.40. The van der Waals surface area contributed by atoms with Crippen molar-refractivity contribution in [3.8, 4) is 0 Å². The Morgan fingerprint density at radius 1 is 1.32 bits per heavy atom. The van der Waals surface area contributed by atoms with Crippen molar-refractivity contribution in [3.63, 3.8) is 0 Å². The highest BCUT2D eigenvalue weighted by Gasteiger charge is 2.25. The van der Waals surface area contributed by atoms with Crippen LogP contribution in [0.15, 0.2) is 6.07 Å². The van der Waals surface area contributed by atoms with Crippen LogP contribution >= 0.6 is 0 Å². The van der Waals surface area contributed by atoms with Gasteiger partial charge >= 0.3 is 0 Å². The molecule has 0 amide bonds. The Hall–Kier alpha value is -0.830. The third-order valence-electron chi connectivity index (χ3n) is 4.32. The first kappa shape index (κ1) is 14.6. The summed E-state index contributed by atoms with van der Waals surface area (Å²) in [5, 5.41) is 8.33. The molecule has 0 saturated heterocycles. The SMILES string of the molecule is CCCNC1CCCCC1Cc1cc(C)nn1CC. The topological polar surface area (TPSA) is 29.9 Å². The van der Waals surface area contributed by atoms with Crippen LogP contribution in [-0.2, 0) is 13.0 Å². The molecule has 19 heavy (non-hydrogen) atoms. The molecule has 1 heterocycles. The summed E-state index contributed by atoms with van der Waals surface area (Å²) in [5.41, 5.74) is 2.58. The molecule has 1 aliphatic rings. The molecule has 3 heteroatoms. The predicted molar refractivity (Wildman–Crippen MR) is 80.4 cm³/mol. The van der Waals surface area contributed by atoms with E-state index in [-0.39, 0.29) is 0 Å². The van der Waals surface area contributed by atoms with Gasteiger partial charge in [0.15, 0.2) is 0 Å². The summed E-state index contributed by atoms with van der Waals surface area (Å²) >= 11 is 0. The highest BCUT2D eigenvalue weighted by molar-refractivity contribution is 5.10. The van der Waals surface area contributed by atoms with E-state index >= 15 is 0 Å². The maximum atomic E-state index is 4.58. The van der Waals surface area contributed by atoms with Crippen LogP contribution in [0, 0.1) is 12.8 Å². The van der Waals surface area contributed by atoms with Gasteiger partial charge in [-0.1, -0.05) is 19.8 Å². The molecule has 1 saturated carbocycles. The van der Waals surface area contributed by atoms with Crippen molar-refractivity contribution in [2.75, 3.05) is 6.54 Å². The largest absolute Gasteiger partial charge is 0.314 e. The first-order valence-corrected chi connectivity index (χ1v) is 8.01. The highest BCUT2D eigenvalue weighted by Crippen LogP contribution is 2.27. The first-order chi connectivity index (χ1) is 9.24. The molecule has 1 aliphatic carbocycles. The standard InChI is InChI=1S/C16H29N3/c1-4-10-17-16-9-7-6-8-14(16)12-15-11-13(3)18-19(15)5-2/h11,14,16-17H,4-10,12H2,1-3H3. The van der Waals surface area contributed by atoms with Crippen LogP contribution in [0.1, 0.15) is 57.3 Å². The van der Waals surface area contributed by atoms with Gasteiger partial charge in [0, 0.05) is 18.3 Å². The molecule has 2 atom stereocenters. The fourth-order valence-corrected chi connectivity index (χ4v) is 3.36. The fraction of sp³-hybridized carbons (Fsp3) is 0.812. The van der Waals surface area contributed by atoms with E-state index in [1.165, 1.54) is 44.2 Å². The van der Waals surface area contributed by atoms with Gasteiger partial charge in [0.1, 0.15) is 0 Å². The highest BCUT2D eigenvalue weighted by atomic mass is 15.3. The third-order valence-corrected chi connectivity index (χ3v) is 4.32. The third kappa shape index (κ3) is 3.82. The van der Waals surface area contributed by atoms with E-state index in [9.17, 15) is 0 Å². The summed E-state index contributed by atoms with van der Waals surface area (Å²) in [6.07, 6.45) is 7.93. The molecule has 0 bridgehead atoms. The smallest absolute Gasteiger partial charge is 0.0596 e. The Morgan fingerprint density at radius 2 is 2.11 bits per heavy atom. The van der Waals surface area contributed by atoms with Gasteiger partial charge in [-0.05, 0) is 58.1 Å². The zero-order valence-corrected chi connectivity index (χ0v) is 12.8. The van der Waals surface area contributed by atoms with Gasteiger partial charge < -0.3 is 5.32 Å². The number of aromatic nitrogens is 2. The van der Waals surface area contributed by atoms with Crippen molar-refractivity contribution in [1.29, 1.82) is 0 Å². The van der Waals surface area contributed by atoms with Gasteiger partial charge in [-0.15, -0.1) is 0 Å². The van der Waals surface area contributed by atoms with Gasteiger partial charge in [-0.3, -0.25) is 4.68 Å². The molecule has 3 nitrogen and oxygen atoms in total. The molecule has 1 N–H and O–H groups in total. The summed E-state index contributed by atoms with van der Waals surface area (Å²) in [7, 11) is 0. The van der Waals surface area contributed by atoms with Gasteiger partial charge in [-0.25, -0.2) is 0 Å². The number of aryl methyl sites for hydroxylation is 2. The average molecular weight is 263 g/mol. The van der Waals surface area contributed by atoms with Crippen LogP contribution in [0.4, 0.5) is 0 Å². The molecule has 2 unspecified atom stereocenters. The Bertz CT molecular complexity index is 383. The Morgan fingerprint density at radius 3 is 2.84 bits per heavy atom. The van der Waals surface area contributed by atoms with Crippen molar-refractivity contribution >= 4 is 0 Å². The average Bonchev–Trinajstić information content (AvgIpc) is 2.78. The monoisotopic (exact) mass is 263 g/mol. The number of nitrogens with zero attached hydrogens (tertiary/aromatic N) is 2. The van der Waals surface area contributed by atoms with E-state index in [0.29, 0.717) is 6.04 Å². The van der Waals surface area contributed by atoms with Crippen LogP contribution in [-0.4, -0.2) is 22.4 Å². The lowest BCUT2D eigenvalue weighted by atomic mass is 9.81. The molecular formula is C16H29N3. The van der Waals surface area contributed by atoms with Crippen molar-refractivity contribution in [2.24, 2.45) is 5.92 Å². The zero-order valence-electron chi connectivity index (χ0n) is 12.8. The molecule has 1 aromatic rings. The van der Waals surface area contributed by atoms with Gasteiger partial charge in [-0.2, -0.15) is 5.10 Å². The van der Waals surface area contributed by atoms with Crippen LogP contribution in [0.2, 0.25) is 0 Å². The minimum absolute atomic E-state index is 0.717. The quantitative estimate of drug-likeness (QED) is 0.853. The van der Waals surface area contributed by atoms with Crippen molar-refractivity contribution in [2.45, 2.75) is 71.9 Å². The maximum Gasteiger partial charge on any atom is 0.0596 e. The van der Waals surface area contributed by atoms with Crippen LogP contribution in [0.5, 0.6) is 0 Å². The molecule has 0 radical (unpaired) electrons. The lowest BCUT2D eigenvalue weighted by Gasteiger charge is -2.32. The molecular weight excluding hydrogens is 234 g/mol. The molecule has 0 aromatic carbocycles. The second-order valence-electron chi connectivity index (χ2n) is 5.90. The fourth-order valence-electron chi connectivity index (χ4n) is 3.36. The molecule has 0 aliphatic heterocycles. The first-order valence-electron chi connectivity index (χ1n) is 8.01. The number of hydrogen-bond donors (Lipinski definition) is 1. The molecule has 1 aromatic heterocycles. The van der Waals surface area contributed by atoms with E-state index < -0.39 is 0 Å². The van der Waals surface area contributed by atoms with Crippen LogP contribution in [0.25, 0.3) is 0 Å². The van der Waals surface area contributed by atoms with E-state index in [0.717, 1.165) is 24.7 Å². The summed E-state index contributed by atoms with van der Waals surface area (Å²) in [4.78, 5) is 0. The molecule has 0 spiro atoms. The van der Waals surface area contributed by atoms with Gasteiger partial charge in [0.25, 0.3) is 0 Å². The van der Waals surface area contributed by atoms with E-state index in [1.807, 2.05) is 0 Å². The van der Waals surface area contributed by atoms with E-state index in [2.05, 4.69) is 41.9 Å². The lowest BCUT2D eigenvalue weighted by molar-refractivity contribution is 0.257. The summed E-state index contributed by atoms with van der Waals surface area (Å²) in [6.45, 7) is 8.68. The number of nitrogens with one attached hydrogen (secondary N) is 1. The Balaban J connectivity index is 2.01.